The second-order valence-electron chi connectivity index (χ2n) is 12.7. The van der Waals surface area contributed by atoms with Gasteiger partial charge in [0.25, 0.3) is 0 Å². The SMILES string of the molecule is CC1(C)OB(c2c(-c3ccccc3)c(-c3ccccc3)c(-c3ccccc3)c(-c3ccccc3)c2-c2ccccc2)OC1(C)C. The molecule has 2 nitrogen and oxygen atoms in total. The van der Waals surface area contributed by atoms with Gasteiger partial charge in [0.15, 0.2) is 0 Å². The van der Waals surface area contributed by atoms with E-state index in [1.807, 2.05) is 0 Å². The Hall–Kier alpha value is -4.70. The zero-order chi connectivity index (χ0) is 31.0. The summed E-state index contributed by atoms with van der Waals surface area (Å²) in [6, 6.07) is 53.8. The predicted octanol–water partition coefficient (Wildman–Crippen LogP) is 10.3. The Bertz CT molecular complexity index is 1800. The molecule has 0 saturated carbocycles. The van der Waals surface area contributed by atoms with Crippen LogP contribution in [0.2, 0.25) is 0 Å². The van der Waals surface area contributed by atoms with Crippen molar-refractivity contribution in [1.82, 2.24) is 0 Å². The molecule has 0 bridgehead atoms. The molecule has 6 aromatic carbocycles. The van der Waals surface area contributed by atoms with Gasteiger partial charge in [-0.2, -0.15) is 0 Å². The van der Waals surface area contributed by atoms with Crippen LogP contribution in [0, 0.1) is 0 Å². The molecule has 0 amide bonds. The summed E-state index contributed by atoms with van der Waals surface area (Å²) < 4.78 is 14.0. The van der Waals surface area contributed by atoms with Crippen molar-refractivity contribution in [3.8, 4) is 55.6 Å². The lowest BCUT2D eigenvalue weighted by Crippen LogP contribution is -2.41. The molecule has 7 rings (SSSR count). The average molecular weight is 585 g/mol. The Morgan fingerprint density at radius 1 is 0.333 bits per heavy atom. The number of rotatable bonds is 6. The fourth-order valence-corrected chi connectivity index (χ4v) is 6.46. The van der Waals surface area contributed by atoms with Gasteiger partial charge >= 0.3 is 7.12 Å². The summed E-state index contributed by atoms with van der Waals surface area (Å²) >= 11 is 0. The summed E-state index contributed by atoms with van der Waals surface area (Å²) in [5, 5.41) is 0. The van der Waals surface area contributed by atoms with Crippen LogP contribution in [0.3, 0.4) is 0 Å². The molecule has 1 aliphatic heterocycles. The van der Waals surface area contributed by atoms with Crippen molar-refractivity contribution in [3.63, 3.8) is 0 Å². The number of hydrogen-bond donors (Lipinski definition) is 0. The van der Waals surface area contributed by atoms with E-state index in [0.717, 1.165) is 55.5 Å². The maximum atomic E-state index is 6.98. The van der Waals surface area contributed by atoms with Crippen LogP contribution in [0.1, 0.15) is 27.7 Å². The lowest BCUT2D eigenvalue weighted by molar-refractivity contribution is 0.00578. The topological polar surface area (TPSA) is 18.5 Å². The van der Waals surface area contributed by atoms with Crippen molar-refractivity contribution < 1.29 is 9.31 Å². The monoisotopic (exact) mass is 584 g/mol. The van der Waals surface area contributed by atoms with Crippen molar-refractivity contribution in [2.75, 3.05) is 0 Å². The summed E-state index contributed by atoms with van der Waals surface area (Å²) in [4.78, 5) is 0. The van der Waals surface area contributed by atoms with E-state index in [0.29, 0.717) is 0 Å². The molecule has 3 heteroatoms. The summed E-state index contributed by atoms with van der Waals surface area (Å²) in [5.74, 6) is 0. The Balaban J connectivity index is 1.77. The van der Waals surface area contributed by atoms with Crippen molar-refractivity contribution in [1.29, 1.82) is 0 Å². The van der Waals surface area contributed by atoms with Gasteiger partial charge in [0.2, 0.25) is 0 Å². The normalized spacial score (nSPS) is 15.2. The van der Waals surface area contributed by atoms with Crippen molar-refractivity contribution in [2.24, 2.45) is 0 Å². The van der Waals surface area contributed by atoms with Gasteiger partial charge in [-0.25, -0.2) is 0 Å². The minimum absolute atomic E-state index is 0.516. The summed E-state index contributed by atoms with van der Waals surface area (Å²) in [5.41, 5.74) is 11.5. The van der Waals surface area contributed by atoms with Crippen LogP contribution in [0.25, 0.3) is 55.6 Å². The molecule has 220 valence electrons. The number of benzene rings is 6. The third kappa shape index (κ3) is 5.23. The molecule has 6 aromatic rings. The molecule has 0 aromatic heterocycles. The van der Waals surface area contributed by atoms with Crippen molar-refractivity contribution in [2.45, 2.75) is 38.9 Å². The molecule has 0 spiro atoms. The number of hydrogen-bond acceptors (Lipinski definition) is 2. The van der Waals surface area contributed by atoms with E-state index in [4.69, 9.17) is 9.31 Å². The fraction of sp³-hybridized carbons (Fsp3) is 0.143. The molecule has 0 radical (unpaired) electrons. The van der Waals surface area contributed by atoms with Crippen molar-refractivity contribution >= 4 is 12.6 Å². The Kier molecular flexibility index (Phi) is 7.53. The second-order valence-corrected chi connectivity index (χ2v) is 12.7. The van der Waals surface area contributed by atoms with E-state index in [2.05, 4.69) is 179 Å². The van der Waals surface area contributed by atoms with E-state index < -0.39 is 18.3 Å². The third-order valence-electron chi connectivity index (χ3n) is 9.34. The van der Waals surface area contributed by atoms with Gasteiger partial charge in [0, 0.05) is 0 Å². The maximum absolute atomic E-state index is 6.98. The molecule has 0 aliphatic carbocycles. The molecule has 1 heterocycles. The largest absolute Gasteiger partial charge is 0.496 e. The summed E-state index contributed by atoms with van der Waals surface area (Å²) in [6.45, 7) is 8.52. The first kappa shape index (κ1) is 29.0. The van der Waals surface area contributed by atoms with Crippen LogP contribution in [0.4, 0.5) is 0 Å². The van der Waals surface area contributed by atoms with Gasteiger partial charge in [-0.05, 0) is 88.8 Å². The summed E-state index contributed by atoms with van der Waals surface area (Å²) in [7, 11) is -0.602. The minimum Gasteiger partial charge on any atom is -0.399 e. The van der Waals surface area contributed by atoms with Gasteiger partial charge in [-0.15, -0.1) is 0 Å². The highest BCUT2D eigenvalue weighted by Crippen LogP contribution is 2.50. The van der Waals surface area contributed by atoms with Gasteiger partial charge in [0.1, 0.15) is 0 Å². The quantitative estimate of drug-likeness (QED) is 0.181. The molecular formula is C42H37BO2. The third-order valence-corrected chi connectivity index (χ3v) is 9.34. The van der Waals surface area contributed by atoms with Crippen LogP contribution in [-0.2, 0) is 9.31 Å². The first-order valence-electron chi connectivity index (χ1n) is 15.7. The molecule has 45 heavy (non-hydrogen) atoms. The minimum atomic E-state index is -0.602. The van der Waals surface area contributed by atoms with E-state index in [-0.39, 0.29) is 0 Å². The molecule has 0 atom stereocenters. The highest BCUT2D eigenvalue weighted by molar-refractivity contribution is 6.66. The molecule has 0 N–H and O–H groups in total. The van der Waals surface area contributed by atoms with E-state index in [1.54, 1.807) is 0 Å². The van der Waals surface area contributed by atoms with Crippen LogP contribution in [0.15, 0.2) is 152 Å². The standard InChI is InChI=1S/C42H37BO2/c1-41(2)42(3,4)45-43(44-41)40-38(33-26-16-8-17-27-33)36(31-22-12-6-13-23-31)35(30-20-10-5-11-21-30)37(32-24-14-7-15-25-32)39(40)34-28-18-9-19-29-34/h5-29H,1-4H3. The van der Waals surface area contributed by atoms with Crippen LogP contribution in [0.5, 0.6) is 0 Å². The molecular weight excluding hydrogens is 547 g/mol. The molecule has 0 unspecified atom stereocenters. The van der Waals surface area contributed by atoms with E-state index in [1.165, 1.54) is 5.56 Å². The predicted molar refractivity (Wildman–Crippen MR) is 189 cm³/mol. The smallest absolute Gasteiger partial charge is 0.399 e. The van der Waals surface area contributed by atoms with Gasteiger partial charge < -0.3 is 9.31 Å². The van der Waals surface area contributed by atoms with E-state index >= 15 is 0 Å². The van der Waals surface area contributed by atoms with Gasteiger partial charge in [0.05, 0.1) is 11.2 Å². The van der Waals surface area contributed by atoms with Gasteiger partial charge in [-0.3, -0.25) is 0 Å². The lowest BCUT2D eigenvalue weighted by Gasteiger charge is -2.32. The van der Waals surface area contributed by atoms with Gasteiger partial charge in [-0.1, -0.05) is 152 Å². The Morgan fingerprint density at radius 3 is 0.822 bits per heavy atom. The highest BCUT2D eigenvalue weighted by atomic mass is 16.7. The first-order chi connectivity index (χ1) is 21.9. The fourth-order valence-electron chi connectivity index (χ4n) is 6.46. The maximum Gasteiger partial charge on any atom is 0.496 e. The molecule has 1 aliphatic rings. The zero-order valence-corrected chi connectivity index (χ0v) is 26.3. The van der Waals surface area contributed by atoms with Crippen LogP contribution < -0.4 is 5.46 Å². The molecule has 1 saturated heterocycles. The van der Waals surface area contributed by atoms with Crippen LogP contribution >= 0.6 is 0 Å². The van der Waals surface area contributed by atoms with Crippen LogP contribution in [-0.4, -0.2) is 18.3 Å². The zero-order valence-electron chi connectivity index (χ0n) is 26.3. The van der Waals surface area contributed by atoms with Crippen molar-refractivity contribution in [3.05, 3.63) is 152 Å². The average Bonchev–Trinajstić information content (AvgIpc) is 3.31. The van der Waals surface area contributed by atoms with E-state index in [9.17, 15) is 0 Å². The lowest BCUT2D eigenvalue weighted by atomic mass is 9.64. The molecule has 1 fully saturated rings. The Labute approximate surface area is 267 Å². The Morgan fingerprint density at radius 2 is 0.556 bits per heavy atom. The first-order valence-corrected chi connectivity index (χ1v) is 15.7. The second kappa shape index (κ2) is 11.7. The summed E-state index contributed by atoms with van der Waals surface area (Å²) in [6.07, 6.45) is 0. The highest BCUT2D eigenvalue weighted by Gasteiger charge is 2.53.